The minimum absolute atomic E-state index is 0.254. The van der Waals surface area contributed by atoms with Crippen LogP contribution in [0.15, 0.2) is 53.0 Å². The van der Waals surface area contributed by atoms with E-state index < -0.39 is 5.60 Å². The van der Waals surface area contributed by atoms with Gasteiger partial charge in [0.1, 0.15) is 18.0 Å². The molecule has 4 nitrogen and oxygen atoms in total. The van der Waals surface area contributed by atoms with Gasteiger partial charge in [-0.25, -0.2) is 4.79 Å². The van der Waals surface area contributed by atoms with Gasteiger partial charge in [-0.15, -0.1) is 0 Å². The summed E-state index contributed by atoms with van der Waals surface area (Å²) < 4.78 is 12.4. The van der Waals surface area contributed by atoms with E-state index in [-0.39, 0.29) is 6.09 Å². The number of amides is 1. The smallest absolute Gasteiger partial charge is 0.410 e. The first kappa shape index (κ1) is 20.7. The van der Waals surface area contributed by atoms with Crippen molar-refractivity contribution in [2.45, 2.75) is 52.4 Å². The van der Waals surface area contributed by atoms with Crippen LogP contribution in [-0.2, 0) is 17.9 Å². The van der Waals surface area contributed by atoms with Crippen molar-refractivity contribution in [2.24, 2.45) is 5.92 Å². The summed E-state index contributed by atoms with van der Waals surface area (Å²) in [7, 11) is 0. The second kappa shape index (κ2) is 8.99. The predicted octanol–water partition coefficient (Wildman–Crippen LogP) is 6.18. The monoisotopic (exact) mass is 445 g/mol. The van der Waals surface area contributed by atoms with E-state index in [0.717, 1.165) is 27.9 Å². The molecule has 5 heteroatoms. The molecule has 0 spiro atoms. The molecule has 28 heavy (non-hydrogen) atoms. The molecule has 150 valence electrons. The lowest BCUT2D eigenvalue weighted by atomic mass is 10.2. The second-order valence-electron chi connectivity index (χ2n) is 8.33. The lowest BCUT2D eigenvalue weighted by molar-refractivity contribution is 0.0224. The molecule has 0 radical (unpaired) electrons. The zero-order valence-corrected chi connectivity index (χ0v) is 18.4. The van der Waals surface area contributed by atoms with E-state index in [0.29, 0.717) is 19.1 Å². The largest absolute Gasteiger partial charge is 0.489 e. The zero-order valence-electron chi connectivity index (χ0n) is 16.8. The van der Waals surface area contributed by atoms with Gasteiger partial charge in [-0.2, -0.15) is 0 Å². The maximum absolute atomic E-state index is 12.6. The number of nitrogens with zero attached hydrogens (tertiary/aromatic N) is 1. The second-order valence-corrected chi connectivity index (χ2v) is 9.19. The standard InChI is InChI=1S/C23H28BrNO3/c1-23(2,3)28-22(26)25(14-17-9-10-17)15-19-11-12-20(13-21(19)24)27-16-18-7-5-4-6-8-18/h4-8,11-13,17H,9-10,14-16H2,1-3H3. The van der Waals surface area contributed by atoms with Crippen LogP contribution in [0.1, 0.15) is 44.7 Å². The average molecular weight is 446 g/mol. The normalized spacial score (nSPS) is 13.9. The quantitative estimate of drug-likeness (QED) is 0.510. The molecule has 1 fully saturated rings. The van der Waals surface area contributed by atoms with Crippen molar-refractivity contribution in [3.05, 3.63) is 64.1 Å². The highest BCUT2D eigenvalue weighted by molar-refractivity contribution is 9.10. The van der Waals surface area contributed by atoms with Crippen molar-refractivity contribution in [3.8, 4) is 5.75 Å². The summed E-state index contributed by atoms with van der Waals surface area (Å²) in [5.74, 6) is 1.39. The molecule has 2 aromatic carbocycles. The Morgan fingerprint density at radius 3 is 2.46 bits per heavy atom. The number of carbonyl (C=O) groups is 1. The van der Waals surface area contributed by atoms with Gasteiger partial charge < -0.3 is 14.4 Å². The van der Waals surface area contributed by atoms with Crippen LogP contribution in [0.2, 0.25) is 0 Å². The summed E-state index contributed by atoms with van der Waals surface area (Å²) in [5.41, 5.74) is 1.67. The molecular formula is C23H28BrNO3. The third-order valence-electron chi connectivity index (χ3n) is 4.46. The first-order valence-electron chi connectivity index (χ1n) is 9.73. The third-order valence-corrected chi connectivity index (χ3v) is 5.20. The molecule has 0 aromatic heterocycles. The molecule has 0 aliphatic heterocycles. The van der Waals surface area contributed by atoms with Crippen molar-refractivity contribution in [1.82, 2.24) is 4.90 Å². The van der Waals surface area contributed by atoms with Crippen LogP contribution < -0.4 is 4.74 Å². The Labute approximate surface area is 176 Å². The first-order valence-corrected chi connectivity index (χ1v) is 10.5. The van der Waals surface area contributed by atoms with E-state index in [1.54, 1.807) is 0 Å². The van der Waals surface area contributed by atoms with Crippen LogP contribution in [0.25, 0.3) is 0 Å². The fourth-order valence-corrected chi connectivity index (χ4v) is 3.32. The van der Waals surface area contributed by atoms with Crippen LogP contribution in [0.5, 0.6) is 5.75 Å². The molecule has 0 N–H and O–H groups in total. The number of hydrogen-bond acceptors (Lipinski definition) is 3. The summed E-state index contributed by atoms with van der Waals surface area (Å²) in [6.45, 7) is 7.48. The lowest BCUT2D eigenvalue weighted by Gasteiger charge is -2.28. The van der Waals surface area contributed by atoms with Crippen molar-refractivity contribution in [1.29, 1.82) is 0 Å². The van der Waals surface area contributed by atoms with Crippen LogP contribution in [0.3, 0.4) is 0 Å². The fourth-order valence-electron chi connectivity index (χ4n) is 2.83. The molecule has 1 amide bonds. The average Bonchev–Trinajstić information content (AvgIpc) is 3.45. The molecule has 0 atom stereocenters. The van der Waals surface area contributed by atoms with Crippen LogP contribution >= 0.6 is 15.9 Å². The van der Waals surface area contributed by atoms with E-state index in [2.05, 4.69) is 15.9 Å². The summed E-state index contributed by atoms with van der Waals surface area (Å²) in [4.78, 5) is 14.4. The van der Waals surface area contributed by atoms with Gasteiger partial charge >= 0.3 is 6.09 Å². The molecule has 0 bridgehead atoms. The molecule has 0 unspecified atom stereocenters. The molecule has 1 saturated carbocycles. The molecule has 2 aromatic rings. The van der Waals surface area contributed by atoms with Crippen molar-refractivity contribution >= 4 is 22.0 Å². The highest BCUT2D eigenvalue weighted by Gasteiger charge is 2.29. The van der Waals surface area contributed by atoms with Crippen LogP contribution in [-0.4, -0.2) is 23.1 Å². The Bertz CT molecular complexity index is 797. The Balaban J connectivity index is 1.64. The Hall–Kier alpha value is -2.01. The highest BCUT2D eigenvalue weighted by atomic mass is 79.9. The minimum atomic E-state index is -0.495. The summed E-state index contributed by atoms with van der Waals surface area (Å²) in [6.07, 6.45) is 2.12. The first-order chi connectivity index (χ1) is 13.3. The Kier molecular flexibility index (Phi) is 6.65. The Morgan fingerprint density at radius 1 is 1.14 bits per heavy atom. The topological polar surface area (TPSA) is 38.8 Å². The molecular weight excluding hydrogens is 418 g/mol. The van der Waals surface area contributed by atoms with Gasteiger partial charge in [-0.3, -0.25) is 0 Å². The number of halogens is 1. The Morgan fingerprint density at radius 2 is 1.86 bits per heavy atom. The number of benzene rings is 2. The van der Waals surface area contributed by atoms with Gasteiger partial charge in [-0.05, 0) is 62.8 Å². The minimum Gasteiger partial charge on any atom is -0.489 e. The fraction of sp³-hybridized carbons (Fsp3) is 0.435. The highest BCUT2D eigenvalue weighted by Crippen LogP contribution is 2.32. The lowest BCUT2D eigenvalue weighted by Crippen LogP contribution is -2.37. The van der Waals surface area contributed by atoms with Gasteiger partial charge in [0.15, 0.2) is 0 Å². The molecule has 1 aliphatic rings. The molecule has 0 saturated heterocycles. The van der Waals surface area contributed by atoms with Gasteiger partial charge in [0.05, 0.1) is 6.54 Å². The van der Waals surface area contributed by atoms with Gasteiger partial charge in [0, 0.05) is 11.0 Å². The number of ether oxygens (including phenoxy) is 2. The maximum Gasteiger partial charge on any atom is 0.410 e. The number of carbonyl (C=O) groups excluding carboxylic acids is 1. The van der Waals surface area contributed by atoms with E-state index in [4.69, 9.17) is 9.47 Å². The van der Waals surface area contributed by atoms with Crippen molar-refractivity contribution < 1.29 is 14.3 Å². The summed E-state index contributed by atoms with van der Waals surface area (Å²) in [6, 6.07) is 16.0. The van der Waals surface area contributed by atoms with Crippen LogP contribution in [0.4, 0.5) is 4.79 Å². The van der Waals surface area contributed by atoms with Crippen LogP contribution in [0, 0.1) is 5.92 Å². The van der Waals surface area contributed by atoms with E-state index in [1.807, 2.05) is 74.2 Å². The van der Waals surface area contributed by atoms with Gasteiger partial charge in [0.2, 0.25) is 0 Å². The summed E-state index contributed by atoms with van der Waals surface area (Å²) in [5, 5.41) is 0. The van der Waals surface area contributed by atoms with Crippen molar-refractivity contribution in [3.63, 3.8) is 0 Å². The summed E-state index contributed by atoms with van der Waals surface area (Å²) >= 11 is 3.64. The van der Waals surface area contributed by atoms with Gasteiger partial charge in [0.25, 0.3) is 0 Å². The zero-order chi connectivity index (χ0) is 20.1. The number of rotatable bonds is 7. The maximum atomic E-state index is 12.6. The van der Waals surface area contributed by atoms with E-state index >= 15 is 0 Å². The predicted molar refractivity (Wildman–Crippen MR) is 114 cm³/mol. The van der Waals surface area contributed by atoms with E-state index in [1.165, 1.54) is 12.8 Å². The molecule has 0 heterocycles. The van der Waals surface area contributed by atoms with Crippen molar-refractivity contribution in [2.75, 3.05) is 6.54 Å². The van der Waals surface area contributed by atoms with Gasteiger partial charge in [-0.1, -0.05) is 52.3 Å². The molecule has 1 aliphatic carbocycles. The SMILES string of the molecule is CC(C)(C)OC(=O)N(Cc1ccc(OCc2ccccc2)cc1Br)CC1CC1. The third kappa shape index (κ3) is 6.55. The molecule has 3 rings (SSSR count). The van der Waals surface area contributed by atoms with E-state index in [9.17, 15) is 4.79 Å². The number of hydrogen-bond donors (Lipinski definition) is 0.